The molecule has 1 saturated heterocycles. The number of amides is 1. The minimum absolute atomic E-state index is 0.119. The molecule has 2 fully saturated rings. The van der Waals surface area contributed by atoms with Crippen molar-refractivity contribution in [3.8, 4) is 0 Å². The lowest BCUT2D eigenvalue weighted by Gasteiger charge is -2.35. The SMILES string of the molecule is Cc1oc(C[C@H]2CCCCN2C(=O)c2ccccc2C2CC2(F)F)nc1C(C)(C)O. The molecule has 1 unspecified atom stereocenters. The van der Waals surface area contributed by atoms with Crippen molar-refractivity contribution in [2.45, 2.75) is 76.4 Å². The zero-order valence-electron chi connectivity index (χ0n) is 17.6. The minimum atomic E-state index is -2.72. The normalized spacial score (nSPS) is 23.5. The number of aromatic nitrogens is 1. The summed E-state index contributed by atoms with van der Waals surface area (Å²) in [6.45, 7) is 5.65. The smallest absolute Gasteiger partial charge is 0.255 e. The molecule has 2 aromatic rings. The van der Waals surface area contributed by atoms with Crippen molar-refractivity contribution in [3.63, 3.8) is 0 Å². The predicted molar refractivity (Wildman–Crippen MR) is 108 cm³/mol. The predicted octanol–water partition coefficient (Wildman–Crippen LogP) is 4.57. The third-order valence-corrected chi connectivity index (χ3v) is 6.11. The van der Waals surface area contributed by atoms with Crippen LogP contribution in [0.25, 0.3) is 0 Å². The number of rotatable bonds is 5. The van der Waals surface area contributed by atoms with Crippen molar-refractivity contribution >= 4 is 5.91 Å². The van der Waals surface area contributed by atoms with E-state index in [-0.39, 0.29) is 18.4 Å². The van der Waals surface area contributed by atoms with Gasteiger partial charge in [0.25, 0.3) is 11.8 Å². The van der Waals surface area contributed by atoms with Crippen LogP contribution in [0.2, 0.25) is 0 Å². The van der Waals surface area contributed by atoms with E-state index in [1.807, 2.05) is 0 Å². The van der Waals surface area contributed by atoms with Crippen LogP contribution in [0.3, 0.4) is 0 Å². The fourth-order valence-electron chi connectivity index (χ4n) is 4.49. The molecule has 1 N–H and O–H groups in total. The third-order valence-electron chi connectivity index (χ3n) is 6.11. The van der Waals surface area contributed by atoms with E-state index in [1.165, 1.54) is 0 Å². The monoisotopic (exact) mass is 418 g/mol. The summed E-state index contributed by atoms with van der Waals surface area (Å²) in [5, 5.41) is 10.3. The van der Waals surface area contributed by atoms with E-state index in [1.54, 1.807) is 49.9 Å². The van der Waals surface area contributed by atoms with Crippen molar-refractivity contribution in [2.24, 2.45) is 0 Å². The molecular weight excluding hydrogens is 390 g/mol. The van der Waals surface area contributed by atoms with Gasteiger partial charge in [-0.1, -0.05) is 18.2 Å². The first-order valence-electron chi connectivity index (χ1n) is 10.5. The molecular formula is C23H28F2N2O3. The lowest BCUT2D eigenvalue weighted by atomic mass is 9.96. The molecule has 2 heterocycles. The molecule has 1 saturated carbocycles. The van der Waals surface area contributed by atoms with Crippen molar-refractivity contribution in [3.05, 3.63) is 52.7 Å². The Kier molecular flexibility index (Phi) is 5.21. The second kappa shape index (κ2) is 7.45. The van der Waals surface area contributed by atoms with Crippen molar-refractivity contribution < 1.29 is 23.1 Å². The van der Waals surface area contributed by atoms with E-state index in [0.717, 1.165) is 19.3 Å². The van der Waals surface area contributed by atoms with E-state index in [9.17, 15) is 18.7 Å². The molecule has 1 aromatic carbocycles. The Bertz CT molecular complexity index is 948. The number of aryl methyl sites for hydroxylation is 1. The van der Waals surface area contributed by atoms with Gasteiger partial charge in [-0.15, -0.1) is 0 Å². The molecule has 1 aliphatic carbocycles. The number of benzene rings is 1. The van der Waals surface area contributed by atoms with E-state index >= 15 is 0 Å². The lowest BCUT2D eigenvalue weighted by Crippen LogP contribution is -2.45. The number of hydrogen-bond acceptors (Lipinski definition) is 4. The number of likely N-dealkylation sites (tertiary alicyclic amines) is 1. The van der Waals surface area contributed by atoms with Gasteiger partial charge in [-0.25, -0.2) is 13.8 Å². The van der Waals surface area contributed by atoms with Crippen LogP contribution in [0.15, 0.2) is 28.7 Å². The molecule has 1 aliphatic heterocycles. The summed E-state index contributed by atoms with van der Waals surface area (Å²) < 4.78 is 33.2. The molecule has 4 rings (SSSR count). The van der Waals surface area contributed by atoms with Gasteiger partial charge in [0.2, 0.25) is 0 Å². The second-order valence-electron chi connectivity index (χ2n) is 9.03. The van der Waals surface area contributed by atoms with E-state index in [4.69, 9.17) is 4.42 Å². The average molecular weight is 418 g/mol. The first-order valence-corrected chi connectivity index (χ1v) is 10.5. The number of carbonyl (C=O) groups excluding carboxylic acids is 1. The van der Waals surface area contributed by atoms with E-state index < -0.39 is 17.4 Å². The molecule has 1 aromatic heterocycles. The Labute approximate surface area is 175 Å². The molecule has 162 valence electrons. The molecule has 0 radical (unpaired) electrons. The Hall–Kier alpha value is -2.28. The third kappa shape index (κ3) is 4.00. The first-order chi connectivity index (χ1) is 14.1. The van der Waals surface area contributed by atoms with Crippen LogP contribution >= 0.6 is 0 Å². The van der Waals surface area contributed by atoms with Gasteiger partial charge < -0.3 is 14.4 Å². The number of halogens is 2. The fourth-order valence-corrected chi connectivity index (χ4v) is 4.49. The van der Waals surface area contributed by atoms with Gasteiger partial charge in [0.1, 0.15) is 17.1 Å². The number of piperidine rings is 1. The summed E-state index contributed by atoms with van der Waals surface area (Å²) in [5.74, 6) is -2.75. The summed E-state index contributed by atoms with van der Waals surface area (Å²) in [4.78, 5) is 19.6. The Morgan fingerprint density at radius 1 is 1.33 bits per heavy atom. The number of alkyl halides is 2. The highest BCUT2D eigenvalue weighted by Gasteiger charge is 2.58. The van der Waals surface area contributed by atoms with Crippen LogP contribution in [0, 0.1) is 6.92 Å². The molecule has 7 heteroatoms. The molecule has 1 amide bonds. The van der Waals surface area contributed by atoms with E-state index in [2.05, 4.69) is 4.98 Å². The maximum Gasteiger partial charge on any atom is 0.255 e. The summed E-state index contributed by atoms with van der Waals surface area (Å²) >= 11 is 0. The average Bonchev–Trinajstić information content (AvgIpc) is 3.15. The standard InChI is InChI=1S/C23H28F2N2O3/c1-14-20(22(2,3)29)26-19(30-14)12-15-8-6-7-11-27(15)21(28)17-10-5-4-9-16(17)18-13-23(18,24)25/h4-5,9-10,15,18,29H,6-8,11-13H2,1-3H3/t15-,18?/m1/s1. The minimum Gasteiger partial charge on any atom is -0.446 e. The van der Waals surface area contributed by atoms with Gasteiger partial charge in [0.05, 0.1) is 5.92 Å². The zero-order chi connectivity index (χ0) is 21.7. The maximum atomic E-state index is 13.7. The Morgan fingerprint density at radius 2 is 2.03 bits per heavy atom. The molecule has 2 aliphatic rings. The molecule has 2 atom stereocenters. The van der Waals surface area contributed by atoms with Crippen LogP contribution in [0.5, 0.6) is 0 Å². The zero-order valence-corrected chi connectivity index (χ0v) is 17.6. The largest absolute Gasteiger partial charge is 0.446 e. The van der Waals surface area contributed by atoms with Crippen LogP contribution in [-0.4, -0.2) is 39.4 Å². The number of nitrogens with zero attached hydrogens (tertiary/aromatic N) is 2. The molecule has 0 spiro atoms. The number of oxazole rings is 1. The van der Waals surface area contributed by atoms with Gasteiger partial charge in [0, 0.05) is 31.0 Å². The van der Waals surface area contributed by atoms with Crippen molar-refractivity contribution in [2.75, 3.05) is 6.54 Å². The highest BCUT2D eigenvalue weighted by atomic mass is 19.3. The molecule has 5 nitrogen and oxygen atoms in total. The fraction of sp³-hybridized carbons (Fsp3) is 0.565. The van der Waals surface area contributed by atoms with Crippen LogP contribution in [0.4, 0.5) is 8.78 Å². The van der Waals surface area contributed by atoms with Crippen LogP contribution in [0.1, 0.15) is 78.7 Å². The van der Waals surface area contributed by atoms with Crippen molar-refractivity contribution in [1.29, 1.82) is 0 Å². The number of hydrogen-bond donors (Lipinski definition) is 1. The molecule has 0 bridgehead atoms. The van der Waals surface area contributed by atoms with Crippen molar-refractivity contribution in [1.82, 2.24) is 9.88 Å². The van der Waals surface area contributed by atoms with Gasteiger partial charge >= 0.3 is 0 Å². The Balaban J connectivity index is 1.57. The summed E-state index contributed by atoms with van der Waals surface area (Å²) in [6.07, 6.45) is 2.89. The highest BCUT2D eigenvalue weighted by Crippen LogP contribution is 2.56. The number of aliphatic hydroxyl groups is 1. The quantitative estimate of drug-likeness (QED) is 0.772. The number of carbonyl (C=O) groups is 1. The summed E-state index contributed by atoms with van der Waals surface area (Å²) in [7, 11) is 0. The highest BCUT2D eigenvalue weighted by molar-refractivity contribution is 5.96. The van der Waals surface area contributed by atoms with Crippen LogP contribution < -0.4 is 0 Å². The topological polar surface area (TPSA) is 66.6 Å². The first kappa shape index (κ1) is 21.0. The maximum absolute atomic E-state index is 13.7. The van der Waals surface area contributed by atoms with Gasteiger partial charge in [-0.3, -0.25) is 4.79 Å². The lowest BCUT2D eigenvalue weighted by molar-refractivity contribution is 0.0601. The molecule has 30 heavy (non-hydrogen) atoms. The van der Waals surface area contributed by atoms with E-state index in [0.29, 0.717) is 41.4 Å². The van der Waals surface area contributed by atoms with Gasteiger partial charge in [0.15, 0.2) is 5.89 Å². The Morgan fingerprint density at radius 3 is 2.67 bits per heavy atom. The summed E-state index contributed by atoms with van der Waals surface area (Å²) in [6, 6.07) is 6.61. The van der Waals surface area contributed by atoms with Gasteiger partial charge in [-0.05, 0) is 51.7 Å². The van der Waals surface area contributed by atoms with Gasteiger partial charge in [-0.2, -0.15) is 0 Å². The summed E-state index contributed by atoms with van der Waals surface area (Å²) in [5.41, 5.74) is 0.190. The van der Waals surface area contributed by atoms with Crippen LogP contribution in [-0.2, 0) is 12.0 Å². The second-order valence-corrected chi connectivity index (χ2v) is 9.03.